The maximum absolute atomic E-state index is 12.4. The molecule has 5 nitrogen and oxygen atoms in total. The fraction of sp³-hybridized carbons (Fsp3) is 0.409. The Balaban J connectivity index is 2.08. The minimum atomic E-state index is -0.0694. The number of aliphatic hydroxyl groups excluding tert-OH is 1. The lowest BCUT2D eigenvalue weighted by molar-refractivity contribution is -0.119. The Morgan fingerprint density at radius 1 is 1.30 bits per heavy atom. The number of fused-ring (bicyclic) bond motifs is 3. The third kappa shape index (κ3) is 4.08. The van der Waals surface area contributed by atoms with Gasteiger partial charge in [0.05, 0.1) is 18.0 Å². The van der Waals surface area contributed by atoms with Crippen LogP contribution in [0.2, 0.25) is 0 Å². The van der Waals surface area contributed by atoms with Crippen LogP contribution >= 0.6 is 0 Å². The summed E-state index contributed by atoms with van der Waals surface area (Å²) in [4.78, 5) is 22.0. The summed E-state index contributed by atoms with van der Waals surface area (Å²) in [6.45, 7) is 7.95. The number of aromatic nitrogens is 2. The van der Waals surface area contributed by atoms with Crippen LogP contribution in [0.5, 0.6) is 0 Å². The number of carbonyl (C=O) groups excluding carboxylic acids is 1. The van der Waals surface area contributed by atoms with Crippen molar-refractivity contribution in [2.45, 2.75) is 53.6 Å². The lowest BCUT2D eigenvalue weighted by Crippen LogP contribution is -2.22. The first-order valence-corrected chi connectivity index (χ1v) is 9.52. The number of nitrogens with zero attached hydrogens (tertiary/aromatic N) is 2. The topological polar surface area (TPSA) is 75.1 Å². The maximum atomic E-state index is 12.4. The molecule has 0 radical (unpaired) electrons. The summed E-state index contributed by atoms with van der Waals surface area (Å²) < 4.78 is 0. The van der Waals surface area contributed by atoms with E-state index in [-0.39, 0.29) is 18.4 Å². The number of hydrogen-bond donors (Lipinski definition) is 2. The molecule has 0 saturated carbocycles. The van der Waals surface area contributed by atoms with E-state index in [4.69, 9.17) is 9.97 Å². The second-order valence-corrected chi connectivity index (χ2v) is 7.42. The van der Waals surface area contributed by atoms with Gasteiger partial charge in [-0.2, -0.15) is 0 Å². The van der Waals surface area contributed by atoms with Gasteiger partial charge in [0.2, 0.25) is 5.91 Å². The normalized spacial score (nSPS) is 13.4. The number of amides is 1. The third-order valence-electron chi connectivity index (χ3n) is 4.96. The first-order chi connectivity index (χ1) is 12.9. The zero-order valence-corrected chi connectivity index (χ0v) is 16.5. The van der Waals surface area contributed by atoms with E-state index in [0.29, 0.717) is 11.5 Å². The summed E-state index contributed by atoms with van der Waals surface area (Å²) >= 11 is 0. The SMILES string of the molecule is CCC(C)C(=O)Nc1nc2c(nc1C=C(C)C)-c1ccc(CO)cc1CC2. The van der Waals surface area contributed by atoms with E-state index in [9.17, 15) is 9.90 Å². The molecule has 0 aliphatic heterocycles. The van der Waals surface area contributed by atoms with Gasteiger partial charge in [-0.1, -0.05) is 37.6 Å². The van der Waals surface area contributed by atoms with Crippen LogP contribution < -0.4 is 5.32 Å². The van der Waals surface area contributed by atoms with Gasteiger partial charge in [0.15, 0.2) is 5.82 Å². The summed E-state index contributed by atoms with van der Waals surface area (Å²) in [7, 11) is 0. The Labute approximate surface area is 160 Å². The highest BCUT2D eigenvalue weighted by molar-refractivity contribution is 5.93. The van der Waals surface area contributed by atoms with Crippen LogP contribution in [0.25, 0.3) is 17.3 Å². The highest BCUT2D eigenvalue weighted by atomic mass is 16.3. The highest BCUT2D eigenvalue weighted by Gasteiger charge is 2.22. The number of carbonyl (C=O) groups is 1. The Hall–Kier alpha value is -2.53. The molecule has 0 spiro atoms. The molecule has 5 heteroatoms. The first-order valence-electron chi connectivity index (χ1n) is 9.52. The molecule has 1 aromatic heterocycles. The number of benzene rings is 1. The smallest absolute Gasteiger partial charge is 0.228 e. The van der Waals surface area contributed by atoms with E-state index >= 15 is 0 Å². The molecule has 2 aromatic rings. The lowest BCUT2D eigenvalue weighted by Gasteiger charge is -2.21. The van der Waals surface area contributed by atoms with Crippen LogP contribution in [0.4, 0.5) is 5.82 Å². The van der Waals surface area contributed by atoms with Crippen LogP contribution in [0.3, 0.4) is 0 Å². The van der Waals surface area contributed by atoms with Crippen LogP contribution in [0.1, 0.15) is 56.6 Å². The van der Waals surface area contributed by atoms with Crippen molar-refractivity contribution < 1.29 is 9.90 Å². The van der Waals surface area contributed by atoms with Gasteiger partial charge in [-0.15, -0.1) is 0 Å². The zero-order chi connectivity index (χ0) is 19.6. The molecule has 142 valence electrons. The first kappa shape index (κ1) is 19.2. The summed E-state index contributed by atoms with van der Waals surface area (Å²) in [5.41, 5.74) is 6.71. The van der Waals surface area contributed by atoms with Crippen molar-refractivity contribution in [3.63, 3.8) is 0 Å². The van der Waals surface area contributed by atoms with Crippen molar-refractivity contribution in [1.29, 1.82) is 0 Å². The van der Waals surface area contributed by atoms with Crippen LogP contribution in [0, 0.1) is 5.92 Å². The van der Waals surface area contributed by atoms with Crippen molar-refractivity contribution in [1.82, 2.24) is 9.97 Å². The third-order valence-corrected chi connectivity index (χ3v) is 4.96. The minimum Gasteiger partial charge on any atom is -0.392 e. The second-order valence-electron chi connectivity index (χ2n) is 7.42. The molecular formula is C22H27N3O2. The van der Waals surface area contributed by atoms with Gasteiger partial charge in [0.1, 0.15) is 5.69 Å². The molecule has 1 aliphatic carbocycles. The molecule has 2 N–H and O–H groups in total. The molecule has 1 unspecified atom stereocenters. The molecular weight excluding hydrogens is 338 g/mol. The summed E-state index contributed by atoms with van der Waals surface area (Å²) in [6, 6.07) is 5.98. The van der Waals surface area contributed by atoms with Gasteiger partial charge in [0.25, 0.3) is 0 Å². The zero-order valence-electron chi connectivity index (χ0n) is 16.5. The predicted molar refractivity (Wildman–Crippen MR) is 108 cm³/mol. The van der Waals surface area contributed by atoms with Gasteiger partial charge in [-0.05, 0) is 50.3 Å². The Morgan fingerprint density at radius 3 is 2.74 bits per heavy atom. The fourth-order valence-corrected chi connectivity index (χ4v) is 3.20. The fourth-order valence-electron chi connectivity index (χ4n) is 3.20. The van der Waals surface area contributed by atoms with Crippen molar-refractivity contribution >= 4 is 17.8 Å². The molecule has 0 fully saturated rings. The number of allylic oxidation sites excluding steroid dienone is 1. The number of aryl methyl sites for hydroxylation is 2. The second kappa shape index (κ2) is 8.01. The van der Waals surface area contributed by atoms with Crippen LogP contribution in [-0.4, -0.2) is 21.0 Å². The summed E-state index contributed by atoms with van der Waals surface area (Å²) in [6.07, 6.45) is 4.36. The molecule has 1 amide bonds. The predicted octanol–water partition coefficient (Wildman–Crippen LogP) is 4.14. The Morgan fingerprint density at radius 2 is 2.07 bits per heavy atom. The largest absolute Gasteiger partial charge is 0.392 e. The van der Waals surface area contributed by atoms with Gasteiger partial charge >= 0.3 is 0 Å². The average molecular weight is 365 g/mol. The number of nitrogens with one attached hydrogen (secondary N) is 1. The minimum absolute atomic E-state index is 0.0287. The van der Waals surface area contributed by atoms with Crippen molar-refractivity contribution in [2.24, 2.45) is 5.92 Å². The molecule has 1 atom stereocenters. The van der Waals surface area contributed by atoms with Gasteiger partial charge in [-0.3, -0.25) is 4.79 Å². The lowest BCUT2D eigenvalue weighted by atomic mass is 9.90. The van der Waals surface area contributed by atoms with E-state index in [1.165, 1.54) is 5.56 Å². The summed E-state index contributed by atoms with van der Waals surface area (Å²) in [5.74, 6) is 0.439. The van der Waals surface area contributed by atoms with Gasteiger partial charge < -0.3 is 10.4 Å². The molecule has 27 heavy (non-hydrogen) atoms. The number of hydrogen-bond acceptors (Lipinski definition) is 4. The standard InChI is InChI=1S/C22H27N3O2/c1-5-14(4)22(27)25-21-19(10-13(2)3)23-20-17-8-6-15(12-26)11-16(17)7-9-18(20)24-21/h6,8,10-11,14,26H,5,7,9,12H2,1-4H3,(H,24,25,27). The monoisotopic (exact) mass is 365 g/mol. The van der Waals surface area contributed by atoms with E-state index in [2.05, 4.69) is 5.32 Å². The molecule has 1 aliphatic rings. The number of rotatable bonds is 5. The molecule has 0 saturated heterocycles. The van der Waals surface area contributed by atoms with Gasteiger partial charge in [0, 0.05) is 11.5 Å². The van der Waals surface area contributed by atoms with E-state index in [0.717, 1.165) is 47.4 Å². The maximum Gasteiger partial charge on any atom is 0.228 e. The number of aliphatic hydroxyl groups is 1. The quantitative estimate of drug-likeness (QED) is 0.835. The molecule has 1 heterocycles. The average Bonchev–Trinajstić information content (AvgIpc) is 2.66. The summed E-state index contributed by atoms with van der Waals surface area (Å²) in [5, 5.41) is 12.4. The van der Waals surface area contributed by atoms with Gasteiger partial charge in [-0.25, -0.2) is 9.97 Å². The van der Waals surface area contributed by atoms with Crippen LogP contribution in [-0.2, 0) is 24.2 Å². The molecule has 3 rings (SSSR count). The molecule has 1 aromatic carbocycles. The number of anilines is 1. The Kier molecular flexibility index (Phi) is 5.71. The van der Waals surface area contributed by atoms with E-state index in [1.807, 2.05) is 52.0 Å². The van der Waals surface area contributed by atoms with Crippen LogP contribution in [0.15, 0.2) is 23.8 Å². The Bertz CT molecular complexity index is 899. The van der Waals surface area contributed by atoms with Crippen molar-refractivity contribution in [3.8, 4) is 11.3 Å². The van der Waals surface area contributed by atoms with Crippen molar-refractivity contribution in [3.05, 3.63) is 46.3 Å². The highest BCUT2D eigenvalue weighted by Crippen LogP contribution is 2.34. The van der Waals surface area contributed by atoms with E-state index < -0.39 is 0 Å². The van der Waals surface area contributed by atoms with E-state index in [1.54, 1.807) is 0 Å². The van der Waals surface area contributed by atoms with Crippen molar-refractivity contribution in [2.75, 3.05) is 5.32 Å². The molecule has 0 bridgehead atoms.